The van der Waals surface area contributed by atoms with Crippen LogP contribution in [0.5, 0.6) is 0 Å². The van der Waals surface area contributed by atoms with Gasteiger partial charge in [0.05, 0.1) is 17.6 Å². The Morgan fingerprint density at radius 1 is 0.846 bits per heavy atom. The van der Waals surface area contributed by atoms with E-state index in [0.29, 0.717) is 11.1 Å². The molecule has 0 saturated heterocycles. The third kappa shape index (κ3) is 2.67. The zero-order valence-corrected chi connectivity index (χ0v) is 13.9. The van der Waals surface area contributed by atoms with Gasteiger partial charge in [0.15, 0.2) is 5.65 Å². The van der Waals surface area contributed by atoms with Crippen molar-refractivity contribution in [1.29, 1.82) is 0 Å². The summed E-state index contributed by atoms with van der Waals surface area (Å²) in [6, 6.07) is 21.7. The Labute approximate surface area is 148 Å². The van der Waals surface area contributed by atoms with Crippen LogP contribution in [0.15, 0.2) is 82.4 Å². The third-order valence-electron chi connectivity index (χ3n) is 4.20. The molecule has 6 nitrogen and oxygen atoms in total. The quantitative estimate of drug-likeness (QED) is 0.617. The number of para-hydroxylation sites is 1. The number of hydrogen-bond acceptors (Lipinski definition) is 4. The smallest absolute Gasteiger partial charge is 0.337 e. The maximum absolute atomic E-state index is 13.2. The fourth-order valence-corrected chi connectivity index (χ4v) is 2.96. The van der Waals surface area contributed by atoms with Crippen LogP contribution in [0.25, 0.3) is 16.7 Å². The molecule has 128 valence electrons. The largest absolute Gasteiger partial charge is 0.384 e. The fraction of sp³-hybridized carbons (Fsp3) is 0.0500. The first-order valence-corrected chi connectivity index (χ1v) is 8.16. The lowest BCUT2D eigenvalue weighted by Gasteiger charge is -2.14. The van der Waals surface area contributed by atoms with Crippen LogP contribution in [0.1, 0.15) is 5.56 Å². The number of nitrogens with zero attached hydrogens (tertiary/aromatic N) is 3. The highest BCUT2D eigenvalue weighted by Gasteiger charge is 2.16. The lowest BCUT2D eigenvalue weighted by atomic mass is 10.2. The molecule has 0 unspecified atom stereocenters. The van der Waals surface area contributed by atoms with Crippen molar-refractivity contribution in [2.75, 3.05) is 5.73 Å². The van der Waals surface area contributed by atoms with Gasteiger partial charge in [-0.25, -0.2) is 14.3 Å². The summed E-state index contributed by atoms with van der Waals surface area (Å²) in [5.41, 5.74) is 6.72. The molecule has 0 saturated carbocycles. The standard InChI is InChI=1S/C20H16N4O2/c21-17-12-11-16-18(22-17)24(15-9-5-2-6-10-15)20(26)23(19(16)25)13-14-7-3-1-4-8-14/h1-12H,13H2,(H2,21,22). The highest BCUT2D eigenvalue weighted by Crippen LogP contribution is 2.14. The van der Waals surface area contributed by atoms with Gasteiger partial charge in [-0.3, -0.25) is 9.36 Å². The van der Waals surface area contributed by atoms with Gasteiger partial charge in [-0.05, 0) is 29.8 Å². The average Bonchev–Trinajstić information content (AvgIpc) is 2.67. The van der Waals surface area contributed by atoms with E-state index in [1.54, 1.807) is 24.3 Å². The van der Waals surface area contributed by atoms with Crippen LogP contribution in [0.4, 0.5) is 5.82 Å². The maximum Gasteiger partial charge on any atom is 0.337 e. The van der Waals surface area contributed by atoms with Gasteiger partial charge in [-0.15, -0.1) is 0 Å². The van der Waals surface area contributed by atoms with E-state index < -0.39 is 5.69 Å². The second kappa shape index (κ2) is 6.33. The Kier molecular flexibility index (Phi) is 3.85. The number of nitrogens with two attached hydrogens (primary N) is 1. The highest BCUT2D eigenvalue weighted by atomic mass is 16.2. The molecule has 2 aromatic carbocycles. The number of nitrogen functional groups attached to an aromatic ring is 1. The zero-order chi connectivity index (χ0) is 18.1. The first-order valence-electron chi connectivity index (χ1n) is 8.16. The molecule has 2 heterocycles. The minimum absolute atomic E-state index is 0.186. The van der Waals surface area contributed by atoms with E-state index in [4.69, 9.17) is 5.73 Å². The third-order valence-corrected chi connectivity index (χ3v) is 4.20. The lowest BCUT2D eigenvalue weighted by Crippen LogP contribution is -2.40. The van der Waals surface area contributed by atoms with Crippen molar-refractivity contribution in [2.45, 2.75) is 6.54 Å². The number of aromatic nitrogens is 3. The summed E-state index contributed by atoms with van der Waals surface area (Å²) in [5, 5.41) is 0.346. The van der Waals surface area contributed by atoms with E-state index in [-0.39, 0.29) is 23.6 Å². The number of hydrogen-bond donors (Lipinski definition) is 1. The number of pyridine rings is 1. The van der Waals surface area contributed by atoms with Crippen molar-refractivity contribution in [3.8, 4) is 5.69 Å². The first kappa shape index (κ1) is 15.8. The van der Waals surface area contributed by atoms with E-state index in [9.17, 15) is 9.59 Å². The summed E-state index contributed by atoms with van der Waals surface area (Å²) in [6.45, 7) is 0.186. The molecular formula is C20H16N4O2. The van der Waals surface area contributed by atoms with Gasteiger partial charge in [-0.1, -0.05) is 48.5 Å². The Morgan fingerprint density at radius 2 is 1.50 bits per heavy atom. The van der Waals surface area contributed by atoms with E-state index >= 15 is 0 Å². The van der Waals surface area contributed by atoms with E-state index in [2.05, 4.69) is 4.98 Å². The topological polar surface area (TPSA) is 82.9 Å². The van der Waals surface area contributed by atoms with E-state index in [0.717, 1.165) is 5.56 Å². The molecule has 2 N–H and O–H groups in total. The molecule has 0 aliphatic rings. The summed E-state index contributed by atoms with van der Waals surface area (Å²) < 4.78 is 2.65. The molecule has 0 atom stereocenters. The van der Waals surface area contributed by atoms with Crippen molar-refractivity contribution >= 4 is 16.9 Å². The molecule has 0 spiro atoms. The van der Waals surface area contributed by atoms with Crippen LogP contribution < -0.4 is 17.0 Å². The van der Waals surface area contributed by atoms with Crippen LogP contribution in [-0.4, -0.2) is 14.1 Å². The molecule has 6 heteroatoms. The van der Waals surface area contributed by atoms with Crippen LogP contribution in [0.3, 0.4) is 0 Å². The van der Waals surface area contributed by atoms with E-state index in [1.807, 2.05) is 48.5 Å². The van der Waals surface area contributed by atoms with Crippen LogP contribution in [0, 0.1) is 0 Å². The Balaban J connectivity index is 2.07. The van der Waals surface area contributed by atoms with Gasteiger partial charge in [0.25, 0.3) is 5.56 Å². The average molecular weight is 344 g/mol. The summed E-state index contributed by atoms with van der Waals surface area (Å²) >= 11 is 0. The van der Waals surface area contributed by atoms with Gasteiger partial charge in [0.2, 0.25) is 0 Å². The first-order chi connectivity index (χ1) is 12.6. The predicted molar refractivity (Wildman–Crippen MR) is 102 cm³/mol. The molecule has 0 fully saturated rings. The minimum Gasteiger partial charge on any atom is -0.384 e. The molecule has 0 bridgehead atoms. The molecule has 4 aromatic rings. The molecular weight excluding hydrogens is 328 g/mol. The van der Waals surface area contributed by atoms with Crippen molar-refractivity contribution < 1.29 is 0 Å². The summed E-state index contributed by atoms with van der Waals surface area (Å²) in [7, 11) is 0. The van der Waals surface area contributed by atoms with Crippen LogP contribution in [-0.2, 0) is 6.54 Å². The van der Waals surface area contributed by atoms with Gasteiger partial charge < -0.3 is 5.73 Å². The van der Waals surface area contributed by atoms with Crippen molar-refractivity contribution in [2.24, 2.45) is 0 Å². The molecule has 0 aliphatic carbocycles. The summed E-state index contributed by atoms with van der Waals surface area (Å²) in [6.07, 6.45) is 0. The predicted octanol–water partition coefficient (Wildman–Crippen LogP) is 2.18. The number of benzene rings is 2. The SMILES string of the molecule is Nc1ccc2c(=O)n(Cc3ccccc3)c(=O)n(-c3ccccc3)c2n1. The second-order valence-electron chi connectivity index (χ2n) is 5.94. The number of fused-ring (bicyclic) bond motifs is 1. The van der Waals surface area contributed by atoms with Crippen molar-refractivity contribution in [3.63, 3.8) is 0 Å². The van der Waals surface area contributed by atoms with Crippen LogP contribution >= 0.6 is 0 Å². The molecule has 26 heavy (non-hydrogen) atoms. The Hall–Kier alpha value is -3.67. The monoisotopic (exact) mass is 344 g/mol. The molecule has 0 radical (unpaired) electrons. The fourth-order valence-electron chi connectivity index (χ4n) is 2.96. The van der Waals surface area contributed by atoms with E-state index in [1.165, 1.54) is 9.13 Å². The number of rotatable bonds is 3. The summed E-state index contributed by atoms with van der Waals surface area (Å²) in [5.74, 6) is 0.252. The molecule has 2 aromatic heterocycles. The molecule has 0 aliphatic heterocycles. The number of anilines is 1. The molecule has 4 rings (SSSR count). The minimum atomic E-state index is -0.448. The van der Waals surface area contributed by atoms with Crippen molar-refractivity contribution in [1.82, 2.24) is 14.1 Å². The second-order valence-corrected chi connectivity index (χ2v) is 5.94. The van der Waals surface area contributed by atoms with Crippen LogP contribution in [0.2, 0.25) is 0 Å². The Bertz CT molecular complexity index is 1200. The van der Waals surface area contributed by atoms with Gasteiger partial charge in [0, 0.05) is 0 Å². The lowest BCUT2D eigenvalue weighted by molar-refractivity contribution is 0.683. The Morgan fingerprint density at radius 3 is 2.19 bits per heavy atom. The van der Waals surface area contributed by atoms with Gasteiger partial charge in [0.1, 0.15) is 5.82 Å². The molecule has 0 amide bonds. The highest BCUT2D eigenvalue weighted by molar-refractivity contribution is 5.77. The zero-order valence-electron chi connectivity index (χ0n) is 13.9. The normalized spacial score (nSPS) is 10.9. The summed E-state index contributed by atoms with van der Waals surface area (Å²) in [4.78, 5) is 30.3. The van der Waals surface area contributed by atoms with Gasteiger partial charge in [-0.2, -0.15) is 0 Å². The van der Waals surface area contributed by atoms with Gasteiger partial charge >= 0.3 is 5.69 Å². The maximum atomic E-state index is 13.2. The van der Waals surface area contributed by atoms with Crippen molar-refractivity contribution in [3.05, 3.63) is 99.2 Å².